The summed E-state index contributed by atoms with van der Waals surface area (Å²) in [5.74, 6) is -0.133. The Kier molecular flexibility index (Phi) is 6.25. The smallest absolute Gasteiger partial charge is 0.344 e. The molecule has 1 aliphatic heterocycles. The van der Waals surface area contributed by atoms with Gasteiger partial charge in [0.25, 0.3) is 0 Å². The Hall–Kier alpha value is -2.23. The van der Waals surface area contributed by atoms with E-state index >= 15 is 0 Å². The molecule has 2 aromatic carbocycles. The number of aliphatic hydroxyl groups is 3. The molecule has 1 fully saturated rings. The molecule has 0 spiro atoms. The summed E-state index contributed by atoms with van der Waals surface area (Å²) in [5.41, 5.74) is 0. The molecule has 3 rings (SSSR count). The highest BCUT2D eigenvalue weighted by Crippen LogP contribution is 2.22. The highest BCUT2D eigenvalue weighted by Gasteiger charge is 2.44. The van der Waals surface area contributed by atoms with Crippen molar-refractivity contribution in [3.05, 3.63) is 42.5 Å². The zero-order valence-corrected chi connectivity index (χ0v) is 14.7. The van der Waals surface area contributed by atoms with Crippen molar-refractivity contribution < 1.29 is 39.1 Å². The van der Waals surface area contributed by atoms with Crippen molar-refractivity contribution in [1.29, 1.82) is 0 Å². The maximum Gasteiger partial charge on any atom is 0.344 e. The molecule has 27 heavy (non-hydrogen) atoms. The maximum atomic E-state index is 11.9. The Balaban J connectivity index is 1.50. The first kappa shape index (κ1) is 19.5. The van der Waals surface area contributed by atoms with E-state index in [0.29, 0.717) is 5.75 Å². The van der Waals surface area contributed by atoms with Gasteiger partial charge in [-0.25, -0.2) is 4.79 Å². The van der Waals surface area contributed by atoms with Crippen molar-refractivity contribution in [2.75, 3.05) is 20.3 Å². The molecule has 0 aliphatic carbocycles. The number of carbonyl (C=O) groups is 1. The largest absolute Gasteiger partial charge is 0.482 e. The topological polar surface area (TPSA) is 115 Å². The molecular formula is C19H22O8. The van der Waals surface area contributed by atoms with Crippen molar-refractivity contribution in [3.63, 3.8) is 0 Å². The Bertz CT molecular complexity index is 777. The lowest BCUT2D eigenvalue weighted by Crippen LogP contribution is -2.59. The average Bonchev–Trinajstić information content (AvgIpc) is 2.70. The molecule has 8 heteroatoms. The van der Waals surface area contributed by atoms with E-state index in [1.54, 1.807) is 6.07 Å². The van der Waals surface area contributed by atoms with Crippen LogP contribution in [0.15, 0.2) is 42.5 Å². The van der Waals surface area contributed by atoms with Gasteiger partial charge in [0.2, 0.25) is 0 Å². The first-order valence-corrected chi connectivity index (χ1v) is 8.49. The standard InChI is InChI=1S/C19H22O8/c1-24-19-18(23)17(22)16(21)14(27-19)9-26-15(20)10-25-13-7-6-11-4-2-3-5-12(11)8-13/h2-8,14,16-19,21-23H,9-10H2,1H3/t14-,16-,17+,18-,19+/m1/s1. The van der Waals surface area contributed by atoms with Crippen LogP contribution in [0.5, 0.6) is 5.75 Å². The monoisotopic (exact) mass is 378 g/mol. The van der Waals surface area contributed by atoms with Crippen molar-refractivity contribution in [1.82, 2.24) is 0 Å². The molecule has 0 radical (unpaired) electrons. The summed E-state index contributed by atoms with van der Waals surface area (Å²) in [4.78, 5) is 11.9. The van der Waals surface area contributed by atoms with E-state index in [9.17, 15) is 20.1 Å². The van der Waals surface area contributed by atoms with Crippen LogP contribution in [-0.2, 0) is 19.0 Å². The number of aliphatic hydroxyl groups excluding tert-OH is 3. The summed E-state index contributed by atoms with van der Waals surface area (Å²) in [6.07, 6.45) is -6.44. The second-order valence-electron chi connectivity index (χ2n) is 6.23. The van der Waals surface area contributed by atoms with Gasteiger partial charge in [-0.3, -0.25) is 0 Å². The third-order valence-electron chi connectivity index (χ3n) is 4.39. The average molecular weight is 378 g/mol. The Morgan fingerprint density at radius 2 is 1.78 bits per heavy atom. The zero-order chi connectivity index (χ0) is 19.4. The Morgan fingerprint density at radius 3 is 2.52 bits per heavy atom. The number of carbonyl (C=O) groups excluding carboxylic acids is 1. The van der Waals surface area contributed by atoms with Crippen LogP contribution in [0.1, 0.15) is 0 Å². The first-order valence-electron chi connectivity index (χ1n) is 8.49. The van der Waals surface area contributed by atoms with Gasteiger partial charge in [-0.2, -0.15) is 0 Å². The normalized spacial score (nSPS) is 28.1. The molecule has 2 aromatic rings. The van der Waals surface area contributed by atoms with E-state index < -0.39 is 36.7 Å². The van der Waals surface area contributed by atoms with Crippen LogP contribution in [0.2, 0.25) is 0 Å². The number of benzene rings is 2. The minimum Gasteiger partial charge on any atom is -0.482 e. The predicted molar refractivity (Wildman–Crippen MR) is 94.1 cm³/mol. The summed E-state index contributed by atoms with van der Waals surface area (Å²) in [6.45, 7) is -0.634. The molecule has 0 unspecified atom stereocenters. The van der Waals surface area contributed by atoms with E-state index in [1.165, 1.54) is 7.11 Å². The van der Waals surface area contributed by atoms with Crippen molar-refractivity contribution in [3.8, 4) is 5.75 Å². The fourth-order valence-electron chi connectivity index (χ4n) is 2.87. The lowest BCUT2D eigenvalue weighted by molar-refractivity contribution is -0.295. The van der Waals surface area contributed by atoms with Crippen LogP contribution in [0, 0.1) is 0 Å². The van der Waals surface area contributed by atoms with Gasteiger partial charge in [0.05, 0.1) is 0 Å². The molecule has 146 valence electrons. The molecule has 0 amide bonds. The van der Waals surface area contributed by atoms with Gasteiger partial charge in [-0.15, -0.1) is 0 Å². The van der Waals surface area contributed by atoms with E-state index in [4.69, 9.17) is 18.9 Å². The highest BCUT2D eigenvalue weighted by molar-refractivity contribution is 5.83. The number of hydrogen-bond donors (Lipinski definition) is 3. The quantitative estimate of drug-likeness (QED) is 0.612. The number of methoxy groups -OCH3 is 1. The predicted octanol–water partition coefficient (Wildman–Crippen LogP) is 0.216. The molecule has 5 atom stereocenters. The minimum atomic E-state index is -1.47. The van der Waals surface area contributed by atoms with Crippen LogP contribution < -0.4 is 4.74 Å². The zero-order valence-electron chi connectivity index (χ0n) is 14.7. The summed E-state index contributed by atoms with van der Waals surface area (Å²) in [6, 6.07) is 13.2. The van der Waals surface area contributed by atoms with Gasteiger partial charge in [0, 0.05) is 7.11 Å². The summed E-state index contributed by atoms with van der Waals surface area (Å²) < 4.78 is 20.7. The van der Waals surface area contributed by atoms with Crippen molar-refractivity contribution in [2.24, 2.45) is 0 Å². The molecule has 0 aromatic heterocycles. The lowest BCUT2D eigenvalue weighted by Gasteiger charge is -2.39. The molecule has 1 heterocycles. The molecule has 1 saturated heterocycles. The van der Waals surface area contributed by atoms with E-state index in [1.807, 2.05) is 36.4 Å². The molecule has 0 bridgehead atoms. The second kappa shape index (κ2) is 8.64. The third kappa shape index (κ3) is 4.55. The van der Waals surface area contributed by atoms with Gasteiger partial charge >= 0.3 is 5.97 Å². The summed E-state index contributed by atoms with van der Waals surface area (Å²) in [5, 5.41) is 31.5. The fraction of sp³-hybridized carbons (Fsp3) is 0.421. The number of rotatable bonds is 6. The van der Waals surface area contributed by atoms with Gasteiger partial charge in [0.15, 0.2) is 12.9 Å². The molecule has 0 saturated carbocycles. The lowest BCUT2D eigenvalue weighted by atomic mass is 9.99. The van der Waals surface area contributed by atoms with Gasteiger partial charge < -0.3 is 34.3 Å². The van der Waals surface area contributed by atoms with Gasteiger partial charge in [-0.1, -0.05) is 30.3 Å². The number of esters is 1. The molecular weight excluding hydrogens is 356 g/mol. The number of fused-ring (bicyclic) bond motifs is 1. The second-order valence-corrected chi connectivity index (χ2v) is 6.23. The minimum absolute atomic E-state index is 0.315. The van der Waals surface area contributed by atoms with Crippen LogP contribution in [-0.4, -0.2) is 72.3 Å². The van der Waals surface area contributed by atoms with E-state index in [2.05, 4.69) is 0 Å². The SMILES string of the molecule is CO[C@H]1O[C@H](COC(=O)COc2ccc3ccccc3c2)[C@@H](O)[C@H](O)[C@H]1O. The Morgan fingerprint density at radius 1 is 1.04 bits per heavy atom. The van der Waals surface area contributed by atoms with Crippen molar-refractivity contribution >= 4 is 16.7 Å². The molecule has 3 N–H and O–H groups in total. The molecule has 8 nitrogen and oxygen atoms in total. The maximum absolute atomic E-state index is 11.9. The number of ether oxygens (including phenoxy) is 4. The van der Waals surface area contributed by atoms with Gasteiger partial charge in [-0.05, 0) is 22.9 Å². The molecule has 1 aliphatic rings. The first-order chi connectivity index (χ1) is 13.0. The van der Waals surface area contributed by atoms with Crippen LogP contribution >= 0.6 is 0 Å². The van der Waals surface area contributed by atoms with E-state index in [0.717, 1.165) is 10.8 Å². The third-order valence-corrected chi connectivity index (χ3v) is 4.39. The fourth-order valence-corrected chi connectivity index (χ4v) is 2.87. The van der Waals surface area contributed by atoms with E-state index in [-0.39, 0.29) is 13.2 Å². The van der Waals surface area contributed by atoms with Crippen LogP contribution in [0.3, 0.4) is 0 Å². The van der Waals surface area contributed by atoms with Crippen LogP contribution in [0.25, 0.3) is 10.8 Å². The summed E-state index contributed by atoms with van der Waals surface area (Å²) >= 11 is 0. The van der Waals surface area contributed by atoms with Crippen LogP contribution in [0.4, 0.5) is 0 Å². The Labute approximate surface area is 155 Å². The summed E-state index contributed by atoms with van der Waals surface area (Å²) in [7, 11) is 1.29. The number of hydrogen-bond acceptors (Lipinski definition) is 8. The van der Waals surface area contributed by atoms with Crippen molar-refractivity contribution in [2.45, 2.75) is 30.7 Å². The highest BCUT2D eigenvalue weighted by atomic mass is 16.7. The van der Waals surface area contributed by atoms with Gasteiger partial charge in [0.1, 0.15) is 36.8 Å².